The van der Waals surface area contributed by atoms with E-state index in [9.17, 15) is 13.2 Å². The summed E-state index contributed by atoms with van der Waals surface area (Å²) in [7, 11) is 0. The van der Waals surface area contributed by atoms with Crippen LogP contribution in [0.1, 0.15) is 5.56 Å². The van der Waals surface area contributed by atoms with Crippen LogP contribution >= 0.6 is 0 Å². The first-order valence-corrected chi connectivity index (χ1v) is 7.45. The van der Waals surface area contributed by atoms with Crippen LogP contribution in [0.15, 0.2) is 53.5 Å². The van der Waals surface area contributed by atoms with Crippen molar-refractivity contribution in [3.8, 4) is 11.5 Å². The van der Waals surface area contributed by atoms with Gasteiger partial charge in [0, 0.05) is 0 Å². The minimum Gasteiger partial charge on any atom is -0.492 e. The van der Waals surface area contributed by atoms with E-state index in [-0.39, 0.29) is 30.5 Å². The van der Waals surface area contributed by atoms with E-state index in [1.807, 2.05) is 31.2 Å². The Morgan fingerprint density at radius 1 is 1.12 bits per heavy atom. The Balaban J connectivity index is 1.87. The molecule has 0 saturated heterocycles. The number of alkyl halides is 3. The second-order valence-corrected chi connectivity index (χ2v) is 5.10. The monoisotopic (exact) mass is 353 g/mol. The van der Waals surface area contributed by atoms with Crippen LogP contribution in [0.2, 0.25) is 0 Å². The highest BCUT2D eigenvalue weighted by Gasteiger charge is 2.32. The number of hydrogen-bond donors (Lipinski definition) is 2. The predicted octanol–water partition coefficient (Wildman–Crippen LogP) is 3.70. The van der Waals surface area contributed by atoms with Gasteiger partial charge in [0.25, 0.3) is 0 Å². The Kier molecular flexibility index (Phi) is 6.10. The fourth-order valence-corrected chi connectivity index (χ4v) is 1.93. The maximum atomic E-state index is 12.4. The van der Waals surface area contributed by atoms with Gasteiger partial charge in [0.15, 0.2) is 11.7 Å². The predicted molar refractivity (Wildman–Crippen MR) is 89.9 cm³/mol. The normalized spacial score (nSPS) is 11.9. The van der Waals surface area contributed by atoms with Gasteiger partial charge < -0.3 is 20.5 Å². The van der Waals surface area contributed by atoms with E-state index in [1.165, 1.54) is 18.2 Å². The number of rotatable bonds is 6. The van der Waals surface area contributed by atoms with Gasteiger partial charge in [-0.2, -0.15) is 0 Å². The van der Waals surface area contributed by atoms with Gasteiger partial charge in [0.05, 0.1) is 12.2 Å². The topological polar surface area (TPSA) is 68.9 Å². The molecule has 0 saturated carbocycles. The van der Waals surface area contributed by atoms with Crippen molar-refractivity contribution in [2.24, 2.45) is 10.7 Å². The maximum absolute atomic E-state index is 12.4. The summed E-state index contributed by atoms with van der Waals surface area (Å²) in [6.45, 7) is 2.50. The molecule has 0 unspecified atom stereocenters. The van der Waals surface area contributed by atoms with E-state index in [0.29, 0.717) is 5.75 Å². The number of nitrogens with one attached hydrogen (secondary N) is 1. The standard InChI is InChI=1S/C17H18F3N3O2/c1-12-6-8-13(9-7-12)24-11-10-22-16(21)23-14-4-2-3-5-15(14)25-17(18,19)20/h2-9H,10-11H2,1H3,(H3,21,22,23). The number of hydrogen-bond acceptors (Lipinski definition) is 3. The van der Waals surface area contributed by atoms with Crippen molar-refractivity contribution in [1.29, 1.82) is 0 Å². The molecule has 0 atom stereocenters. The number of anilines is 1. The van der Waals surface area contributed by atoms with Crippen LogP contribution in [-0.4, -0.2) is 25.5 Å². The summed E-state index contributed by atoms with van der Waals surface area (Å²) in [4.78, 5) is 4.01. The molecule has 0 fully saturated rings. The van der Waals surface area contributed by atoms with Crippen LogP contribution < -0.4 is 20.5 Å². The molecule has 0 aromatic heterocycles. The number of aryl methyl sites for hydroxylation is 1. The number of halogens is 3. The van der Waals surface area contributed by atoms with Crippen LogP contribution in [0.3, 0.4) is 0 Å². The second kappa shape index (κ2) is 8.27. The number of guanidine groups is 1. The minimum atomic E-state index is -4.79. The highest BCUT2D eigenvalue weighted by atomic mass is 19.4. The third kappa shape index (κ3) is 6.62. The van der Waals surface area contributed by atoms with Gasteiger partial charge in [0.1, 0.15) is 12.4 Å². The summed E-state index contributed by atoms with van der Waals surface area (Å²) < 4.78 is 46.5. The maximum Gasteiger partial charge on any atom is 0.573 e. The molecule has 2 rings (SSSR count). The van der Waals surface area contributed by atoms with Crippen molar-refractivity contribution in [1.82, 2.24) is 0 Å². The Labute approximate surface area is 143 Å². The second-order valence-electron chi connectivity index (χ2n) is 5.10. The average Bonchev–Trinajstić information content (AvgIpc) is 2.54. The van der Waals surface area contributed by atoms with Crippen molar-refractivity contribution in [2.45, 2.75) is 13.3 Å². The first-order valence-electron chi connectivity index (χ1n) is 7.45. The van der Waals surface area contributed by atoms with Crippen molar-refractivity contribution in [3.05, 3.63) is 54.1 Å². The first-order chi connectivity index (χ1) is 11.8. The van der Waals surface area contributed by atoms with E-state index in [4.69, 9.17) is 10.5 Å². The van der Waals surface area contributed by atoms with E-state index >= 15 is 0 Å². The number of ether oxygens (including phenoxy) is 2. The lowest BCUT2D eigenvalue weighted by Gasteiger charge is -2.14. The molecule has 2 aromatic rings. The summed E-state index contributed by atoms with van der Waals surface area (Å²) in [6.07, 6.45) is -4.79. The van der Waals surface area contributed by atoms with Gasteiger partial charge in [-0.1, -0.05) is 29.8 Å². The molecule has 0 amide bonds. The third-order valence-corrected chi connectivity index (χ3v) is 3.04. The molecule has 0 spiro atoms. The molecule has 2 aromatic carbocycles. The number of aliphatic imine (C=N–C) groups is 1. The van der Waals surface area contributed by atoms with E-state index in [2.05, 4.69) is 15.0 Å². The third-order valence-electron chi connectivity index (χ3n) is 3.04. The largest absolute Gasteiger partial charge is 0.573 e. The number of benzene rings is 2. The summed E-state index contributed by atoms with van der Waals surface area (Å²) in [6, 6.07) is 13.1. The quantitative estimate of drug-likeness (QED) is 0.472. The van der Waals surface area contributed by atoms with Gasteiger partial charge in [-0.3, -0.25) is 0 Å². The molecule has 0 heterocycles. The minimum absolute atomic E-state index is 0.0364. The van der Waals surface area contributed by atoms with Crippen molar-refractivity contribution in [3.63, 3.8) is 0 Å². The number of nitrogens with two attached hydrogens (primary N) is 1. The lowest BCUT2D eigenvalue weighted by atomic mass is 10.2. The summed E-state index contributed by atoms with van der Waals surface area (Å²) >= 11 is 0. The highest BCUT2D eigenvalue weighted by molar-refractivity contribution is 5.93. The molecular weight excluding hydrogens is 335 g/mol. The van der Waals surface area contributed by atoms with Crippen LogP contribution in [0.25, 0.3) is 0 Å². The lowest BCUT2D eigenvalue weighted by molar-refractivity contribution is -0.274. The van der Waals surface area contributed by atoms with E-state index in [0.717, 1.165) is 5.56 Å². The van der Waals surface area contributed by atoms with Crippen LogP contribution in [0.4, 0.5) is 18.9 Å². The Bertz CT molecular complexity index is 716. The fraction of sp³-hybridized carbons (Fsp3) is 0.235. The number of para-hydroxylation sites is 2. The van der Waals surface area contributed by atoms with Crippen LogP contribution in [0.5, 0.6) is 11.5 Å². The zero-order valence-electron chi connectivity index (χ0n) is 13.5. The van der Waals surface area contributed by atoms with Gasteiger partial charge in [-0.15, -0.1) is 13.2 Å². The van der Waals surface area contributed by atoms with Gasteiger partial charge in [-0.05, 0) is 31.2 Å². The van der Waals surface area contributed by atoms with Crippen molar-refractivity contribution in [2.75, 3.05) is 18.5 Å². The molecule has 5 nitrogen and oxygen atoms in total. The summed E-state index contributed by atoms with van der Waals surface area (Å²) in [5.41, 5.74) is 6.88. The van der Waals surface area contributed by atoms with E-state index < -0.39 is 6.36 Å². The molecule has 0 aliphatic carbocycles. The van der Waals surface area contributed by atoms with Crippen molar-refractivity contribution < 1.29 is 22.6 Å². The zero-order valence-corrected chi connectivity index (χ0v) is 13.5. The molecule has 134 valence electrons. The van der Waals surface area contributed by atoms with Crippen molar-refractivity contribution >= 4 is 11.6 Å². The van der Waals surface area contributed by atoms with Crippen LogP contribution in [0, 0.1) is 6.92 Å². The lowest BCUT2D eigenvalue weighted by Crippen LogP contribution is -2.25. The smallest absolute Gasteiger partial charge is 0.492 e. The average molecular weight is 353 g/mol. The molecule has 0 radical (unpaired) electrons. The highest BCUT2D eigenvalue weighted by Crippen LogP contribution is 2.29. The van der Waals surface area contributed by atoms with Gasteiger partial charge in [-0.25, -0.2) is 4.99 Å². The van der Waals surface area contributed by atoms with E-state index in [1.54, 1.807) is 6.07 Å². The first kappa shape index (κ1) is 18.4. The molecule has 3 N–H and O–H groups in total. The molecule has 8 heteroatoms. The Hall–Kier alpha value is -2.90. The molecule has 0 bridgehead atoms. The Morgan fingerprint density at radius 3 is 2.48 bits per heavy atom. The summed E-state index contributed by atoms with van der Waals surface area (Å²) in [5.74, 6) is 0.283. The Morgan fingerprint density at radius 2 is 1.80 bits per heavy atom. The molecular formula is C17H18F3N3O2. The molecule has 25 heavy (non-hydrogen) atoms. The SMILES string of the molecule is Cc1ccc(OCCN=C(N)Nc2ccccc2OC(F)(F)F)cc1. The molecule has 0 aliphatic heterocycles. The number of nitrogens with zero attached hydrogens (tertiary/aromatic N) is 1. The zero-order chi connectivity index (χ0) is 18.3. The fourth-order valence-electron chi connectivity index (χ4n) is 1.93. The molecule has 0 aliphatic rings. The summed E-state index contributed by atoms with van der Waals surface area (Å²) in [5, 5.41) is 2.59. The van der Waals surface area contributed by atoms with Gasteiger partial charge >= 0.3 is 6.36 Å². The van der Waals surface area contributed by atoms with Gasteiger partial charge in [0.2, 0.25) is 0 Å². The van der Waals surface area contributed by atoms with Crippen LogP contribution in [-0.2, 0) is 0 Å².